The van der Waals surface area contributed by atoms with Gasteiger partial charge >= 0.3 is 6.03 Å². The summed E-state index contributed by atoms with van der Waals surface area (Å²) in [5.41, 5.74) is 3.87. The molecule has 0 saturated heterocycles. The summed E-state index contributed by atoms with van der Waals surface area (Å²) in [4.78, 5) is 16.4. The zero-order valence-electron chi connectivity index (χ0n) is 13.0. The molecule has 0 fully saturated rings. The fourth-order valence-electron chi connectivity index (χ4n) is 2.99. The van der Waals surface area contributed by atoms with Crippen molar-refractivity contribution < 1.29 is 9.21 Å². The molecule has 7 heteroatoms. The van der Waals surface area contributed by atoms with Crippen molar-refractivity contribution in [1.29, 1.82) is 0 Å². The van der Waals surface area contributed by atoms with Gasteiger partial charge in [0.15, 0.2) is 0 Å². The van der Waals surface area contributed by atoms with Gasteiger partial charge in [0.1, 0.15) is 6.26 Å². The van der Waals surface area contributed by atoms with E-state index in [2.05, 4.69) is 25.8 Å². The van der Waals surface area contributed by atoms with Crippen molar-refractivity contribution in [3.05, 3.63) is 54.2 Å². The molecular formula is C17H17N5O2. The van der Waals surface area contributed by atoms with Crippen LogP contribution in [-0.4, -0.2) is 27.3 Å². The van der Waals surface area contributed by atoms with Crippen LogP contribution in [0.2, 0.25) is 0 Å². The number of oxazole rings is 1. The first-order chi connectivity index (χ1) is 11.8. The lowest BCUT2D eigenvalue weighted by molar-refractivity contribution is 0.247. The molecule has 1 unspecified atom stereocenters. The second-order valence-corrected chi connectivity index (χ2v) is 5.83. The molecule has 0 bridgehead atoms. The second-order valence-electron chi connectivity index (χ2n) is 5.83. The molecule has 0 radical (unpaired) electrons. The monoisotopic (exact) mass is 323 g/mol. The van der Waals surface area contributed by atoms with Crippen LogP contribution < -0.4 is 10.6 Å². The number of carbonyl (C=O) groups is 1. The van der Waals surface area contributed by atoms with Gasteiger partial charge in [-0.3, -0.25) is 5.10 Å². The molecule has 0 aliphatic heterocycles. The number of aromatic nitrogens is 3. The van der Waals surface area contributed by atoms with E-state index in [9.17, 15) is 4.79 Å². The van der Waals surface area contributed by atoms with Gasteiger partial charge in [-0.2, -0.15) is 5.10 Å². The Morgan fingerprint density at radius 1 is 1.38 bits per heavy atom. The molecule has 3 N–H and O–H groups in total. The summed E-state index contributed by atoms with van der Waals surface area (Å²) in [5.74, 6) is 0.527. The molecule has 1 atom stereocenters. The van der Waals surface area contributed by atoms with E-state index >= 15 is 0 Å². The molecule has 2 heterocycles. The molecule has 2 amide bonds. The Balaban J connectivity index is 1.39. The minimum Gasteiger partial charge on any atom is -0.445 e. The number of hydrogen-bond donors (Lipinski definition) is 3. The average molecular weight is 323 g/mol. The first kappa shape index (κ1) is 14.5. The van der Waals surface area contributed by atoms with Gasteiger partial charge < -0.3 is 15.1 Å². The van der Waals surface area contributed by atoms with Crippen molar-refractivity contribution >= 4 is 11.7 Å². The lowest BCUT2D eigenvalue weighted by atomic mass is 9.94. The van der Waals surface area contributed by atoms with Crippen LogP contribution >= 0.6 is 0 Å². The zero-order chi connectivity index (χ0) is 16.4. The molecule has 4 rings (SSSR count). The fraction of sp³-hybridized carbons (Fsp3) is 0.235. The van der Waals surface area contributed by atoms with E-state index < -0.39 is 0 Å². The number of urea groups is 1. The van der Waals surface area contributed by atoms with Gasteiger partial charge in [-0.25, -0.2) is 9.78 Å². The number of nitrogens with one attached hydrogen (secondary N) is 3. The Morgan fingerprint density at radius 3 is 3.21 bits per heavy atom. The number of benzene rings is 1. The third-order valence-corrected chi connectivity index (χ3v) is 4.15. The van der Waals surface area contributed by atoms with Gasteiger partial charge in [-0.1, -0.05) is 6.07 Å². The quantitative estimate of drug-likeness (QED) is 0.690. The van der Waals surface area contributed by atoms with E-state index in [4.69, 9.17) is 4.42 Å². The maximum Gasteiger partial charge on any atom is 0.319 e. The Kier molecular flexibility index (Phi) is 3.74. The Hall–Kier alpha value is -3.09. The fourth-order valence-corrected chi connectivity index (χ4v) is 2.99. The van der Waals surface area contributed by atoms with E-state index in [0.29, 0.717) is 11.6 Å². The number of anilines is 1. The highest BCUT2D eigenvalue weighted by molar-refractivity contribution is 5.90. The molecule has 0 saturated carbocycles. The number of amides is 2. The lowest BCUT2D eigenvalue weighted by Crippen LogP contribution is -2.41. The van der Waals surface area contributed by atoms with Crippen LogP contribution in [-0.2, 0) is 12.8 Å². The first-order valence-corrected chi connectivity index (χ1v) is 7.86. The minimum absolute atomic E-state index is 0.116. The Labute approximate surface area is 138 Å². The van der Waals surface area contributed by atoms with Crippen LogP contribution in [0, 0.1) is 0 Å². The number of H-pyrrole nitrogens is 1. The molecule has 0 spiro atoms. The van der Waals surface area contributed by atoms with E-state index in [1.807, 2.05) is 30.5 Å². The van der Waals surface area contributed by atoms with E-state index in [1.54, 1.807) is 6.20 Å². The Bertz CT molecular complexity index is 840. The lowest BCUT2D eigenvalue weighted by Gasteiger charge is -2.23. The normalized spacial score (nSPS) is 16.4. The Morgan fingerprint density at radius 2 is 2.33 bits per heavy atom. The van der Waals surface area contributed by atoms with Gasteiger partial charge in [0.25, 0.3) is 0 Å². The third kappa shape index (κ3) is 3.01. The van der Waals surface area contributed by atoms with Gasteiger partial charge in [0, 0.05) is 23.0 Å². The highest BCUT2D eigenvalue weighted by Crippen LogP contribution is 2.21. The number of nitrogens with zero attached hydrogens (tertiary/aromatic N) is 2. The predicted octanol–water partition coefficient (Wildman–Crippen LogP) is 2.74. The largest absolute Gasteiger partial charge is 0.445 e. The number of carbonyl (C=O) groups excluding carboxylic acids is 1. The van der Waals surface area contributed by atoms with Crippen molar-refractivity contribution in [3.8, 4) is 11.5 Å². The van der Waals surface area contributed by atoms with Crippen LogP contribution in [0.3, 0.4) is 0 Å². The van der Waals surface area contributed by atoms with Crippen molar-refractivity contribution in [2.45, 2.75) is 25.3 Å². The summed E-state index contributed by atoms with van der Waals surface area (Å²) in [6.45, 7) is 0. The number of rotatable bonds is 3. The first-order valence-electron chi connectivity index (χ1n) is 7.86. The van der Waals surface area contributed by atoms with Gasteiger partial charge in [-0.05, 0) is 43.0 Å². The third-order valence-electron chi connectivity index (χ3n) is 4.15. The highest BCUT2D eigenvalue weighted by Gasteiger charge is 2.21. The molecule has 1 aliphatic rings. The SMILES string of the molecule is O=C(Nc1cccc(-c2ncco2)c1)NC1CCc2[nH]ncc2C1. The number of fused-ring (bicyclic) bond motifs is 1. The minimum atomic E-state index is -0.212. The van der Waals surface area contributed by atoms with Crippen molar-refractivity contribution in [1.82, 2.24) is 20.5 Å². The maximum atomic E-state index is 12.2. The highest BCUT2D eigenvalue weighted by atomic mass is 16.3. The second kappa shape index (κ2) is 6.19. The predicted molar refractivity (Wildman–Crippen MR) is 88.5 cm³/mol. The van der Waals surface area contributed by atoms with E-state index in [0.717, 1.165) is 24.8 Å². The van der Waals surface area contributed by atoms with Crippen LogP contribution in [0.4, 0.5) is 10.5 Å². The average Bonchev–Trinajstić information content (AvgIpc) is 3.26. The van der Waals surface area contributed by atoms with Gasteiger partial charge in [-0.15, -0.1) is 0 Å². The van der Waals surface area contributed by atoms with Crippen LogP contribution in [0.5, 0.6) is 0 Å². The van der Waals surface area contributed by atoms with Crippen LogP contribution in [0.25, 0.3) is 11.5 Å². The molecule has 1 aliphatic carbocycles. The van der Waals surface area contributed by atoms with Gasteiger partial charge in [0.2, 0.25) is 5.89 Å². The van der Waals surface area contributed by atoms with Crippen molar-refractivity contribution in [2.75, 3.05) is 5.32 Å². The molecule has 2 aromatic heterocycles. The van der Waals surface area contributed by atoms with Crippen LogP contribution in [0.1, 0.15) is 17.7 Å². The van der Waals surface area contributed by atoms with Gasteiger partial charge in [0.05, 0.1) is 12.4 Å². The zero-order valence-corrected chi connectivity index (χ0v) is 13.0. The topological polar surface area (TPSA) is 95.8 Å². The van der Waals surface area contributed by atoms with E-state index in [1.165, 1.54) is 17.5 Å². The number of hydrogen-bond acceptors (Lipinski definition) is 4. The molecule has 3 aromatic rings. The summed E-state index contributed by atoms with van der Waals surface area (Å²) in [7, 11) is 0. The summed E-state index contributed by atoms with van der Waals surface area (Å²) in [6.07, 6.45) is 7.56. The molecular weight excluding hydrogens is 306 g/mol. The van der Waals surface area contributed by atoms with Crippen LogP contribution in [0.15, 0.2) is 47.3 Å². The van der Waals surface area contributed by atoms with E-state index in [-0.39, 0.29) is 12.1 Å². The molecule has 24 heavy (non-hydrogen) atoms. The van der Waals surface area contributed by atoms with Crippen molar-refractivity contribution in [2.24, 2.45) is 0 Å². The number of aromatic amines is 1. The smallest absolute Gasteiger partial charge is 0.319 e. The summed E-state index contributed by atoms with van der Waals surface area (Å²) in [5, 5.41) is 12.9. The summed E-state index contributed by atoms with van der Waals surface area (Å²) >= 11 is 0. The molecule has 7 nitrogen and oxygen atoms in total. The number of aryl methyl sites for hydroxylation is 1. The van der Waals surface area contributed by atoms with Crippen molar-refractivity contribution in [3.63, 3.8) is 0 Å². The summed E-state index contributed by atoms with van der Waals surface area (Å²) in [6, 6.07) is 7.31. The maximum absolute atomic E-state index is 12.2. The standard InChI is InChI=1S/C17H17N5O2/c23-17(21-14-4-5-15-12(9-14)10-19-22-15)20-13-3-1-2-11(8-13)16-18-6-7-24-16/h1-3,6-8,10,14H,4-5,9H2,(H,19,22)(H2,20,21,23). The summed E-state index contributed by atoms with van der Waals surface area (Å²) < 4.78 is 5.28. The molecule has 122 valence electrons. The molecule has 1 aromatic carbocycles.